The summed E-state index contributed by atoms with van der Waals surface area (Å²) in [6, 6.07) is 13.1. The first-order chi connectivity index (χ1) is 20.1. The molecule has 0 atom stereocenters. The van der Waals surface area contributed by atoms with Gasteiger partial charge in [0.2, 0.25) is 0 Å². The van der Waals surface area contributed by atoms with Crippen LogP contribution in [-0.4, -0.2) is 59.1 Å². The fourth-order valence-corrected chi connectivity index (χ4v) is 4.93. The van der Waals surface area contributed by atoms with Crippen molar-refractivity contribution in [2.75, 3.05) is 28.4 Å². The van der Waals surface area contributed by atoms with Crippen molar-refractivity contribution in [1.29, 1.82) is 0 Å². The number of ether oxygens (including phenoxy) is 4. The van der Waals surface area contributed by atoms with Crippen LogP contribution in [0, 0.1) is 0 Å². The minimum Gasteiger partial charge on any atom is -0.504 e. The highest BCUT2D eigenvalue weighted by molar-refractivity contribution is 5.77. The molecule has 0 radical (unpaired) electrons. The van der Waals surface area contributed by atoms with Crippen LogP contribution in [-0.2, 0) is 25.7 Å². The van der Waals surface area contributed by atoms with E-state index in [1.54, 1.807) is 28.4 Å². The first-order valence-corrected chi connectivity index (χ1v) is 13.1. The third-order valence-electron chi connectivity index (χ3n) is 7.13. The number of methoxy groups -OCH3 is 4. The van der Waals surface area contributed by atoms with Crippen LogP contribution in [0.25, 0.3) is 11.1 Å². The van der Waals surface area contributed by atoms with Crippen LogP contribution in [0.2, 0.25) is 0 Å². The largest absolute Gasteiger partial charge is 0.504 e. The highest BCUT2D eigenvalue weighted by atomic mass is 16.5. The van der Waals surface area contributed by atoms with Gasteiger partial charge in [-0.15, -0.1) is 0 Å². The Morgan fingerprint density at radius 3 is 0.976 bits per heavy atom. The molecule has 4 rings (SSSR count). The third kappa shape index (κ3) is 6.12. The molecule has 0 spiro atoms. The summed E-state index contributed by atoms with van der Waals surface area (Å²) in [4.78, 5) is 0. The zero-order chi connectivity index (χ0) is 30.6. The van der Waals surface area contributed by atoms with Crippen molar-refractivity contribution in [2.24, 2.45) is 0 Å². The normalized spacial score (nSPS) is 10.9. The minimum absolute atomic E-state index is 0.411. The lowest BCUT2D eigenvalue weighted by Crippen LogP contribution is -2.03. The van der Waals surface area contributed by atoms with Crippen molar-refractivity contribution in [3.05, 3.63) is 70.8 Å². The van der Waals surface area contributed by atoms with Crippen molar-refractivity contribution in [3.63, 3.8) is 0 Å². The van der Waals surface area contributed by atoms with Crippen LogP contribution < -0.4 is 18.9 Å². The van der Waals surface area contributed by atoms with Crippen LogP contribution in [0.3, 0.4) is 0 Å². The molecule has 0 amide bonds. The predicted molar refractivity (Wildman–Crippen MR) is 156 cm³/mol. The smallest absolute Gasteiger partial charge is 0.200 e. The number of aryl methyl sites for hydroxylation is 4. The molecule has 0 heterocycles. The quantitative estimate of drug-likeness (QED) is 0.131. The van der Waals surface area contributed by atoms with Crippen molar-refractivity contribution in [3.8, 4) is 68.6 Å². The molecule has 6 N–H and O–H groups in total. The Bertz CT molecular complexity index is 1430. The summed E-state index contributed by atoms with van der Waals surface area (Å²) in [5, 5.41) is 59.4. The molecule has 0 aromatic heterocycles. The molecular weight excluding hydrogens is 544 g/mol. The highest BCUT2D eigenvalue weighted by Crippen LogP contribution is 2.43. The van der Waals surface area contributed by atoms with Crippen molar-refractivity contribution in [1.82, 2.24) is 0 Å². The lowest BCUT2D eigenvalue weighted by Gasteiger charge is -2.20. The van der Waals surface area contributed by atoms with Gasteiger partial charge in [-0.2, -0.15) is 0 Å². The lowest BCUT2D eigenvalue weighted by molar-refractivity contribution is 0.354. The van der Waals surface area contributed by atoms with Crippen molar-refractivity contribution < 1.29 is 49.6 Å². The molecule has 0 aliphatic heterocycles. The number of rotatable bonds is 11. The summed E-state index contributed by atoms with van der Waals surface area (Å²) in [6.07, 6.45) is 1.76. The Balaban J connectivity index is 1.82. The molecule has 0 aliphatic carbocycles. The molecule has 10 nitrogen and oxygen atoms in total. The topological polar surface area (TPSA) is 158 Å². The van der Waals surface area contributed by atoms with Crippen molar-refractivity contribution >= 4 is 0 Å². The second-order valence-corrected chi connectivity index (χ2v) is 9.69. The Morgan fingerprint density at radius 2 is 0.690 bits per heavy atom. The van der Waals surface area contributed by atoms with E-state index < -0.39 is 34.5 Å². The lowest BCUT2D eigenvalue weighted by atomic mass is 9.89. The van der Waals surface area contributed by atoms with E-state index in [-0.39, 0.29) is 0 Å². The second kappa shape index (κ2) is 12.6. The van der Waals surface area contributed by atoms with E-state index in [0.29, 0.717) is 59.8 Å². The molecular formula is C32H34O10. The third-order valence-corrected chi connectivity index (χ3v) is 7.13. The summed E-state index contributed by atoms with van der Waals surface area (Å²) in [6.45, 7) is 0. The molecule has 222 valence electrons. The van der Waals surface area contributed by atoms with Crippen molar-refractivity contribution in [2.45, 2.75) is 25.7 Å². The molecule has 0 saturated carbocycles. The van der Waals surface area contributed by atoms with Crippen LogP contribution in [0.5, 0.6) is 57.5 Å². The fraction of sp³-hybridized carbons (Fsp3) is 0.250. The van der Waals surface area contributed by atoms with Gasteiger partial charge in [-0.25, -0.2) is 0 Å². The predicted octanol–water partition coefficient (Wildman–Crippen LogP) is 5.19. The average molecular weight is 579 g/mol. The van der Waals surface area contributed by atoms with Gasteiger partial charge in [0.25, 0.3) is 0 Å². The minimum atomic E-state index is -0.573. The average Bonchev–Trinajstić information content (AvgIpc) is 2.99. The number of phenols is 6. The molecule has 0 aliphatic rings. The number of hydrogen-bond donors (Lipinski definition) is 6. The maximum Gasteiger partial charge on any atom is 0.200 e. The number of phenolic OH excluding ortho intramolecular Hbond substituents is 6. The molecule has 0 bridgehead atoms. The molecule has 4 aromatic rings. The van der Waals surface area contributed by atoms with Gasteiger partial charge >= 0.3 is 0 Å². The monoisotopic (exact) mass is 578 g/mol. The molecule has 0 saturated heterocycles. The summed E-state index contributed by atoms with van der Waals surface area (Å²) in [5.74, 6) is -0.745. The molecule has 0 fully saturated rings. The van der Waals surface area contributed by atoms with E-state index in [9.17, 15) is 30.6 Å². The summed E-state index contributed by atoms with van der Waals surface area (Å²) in [5.41, 5.74) is 4.59. The zero-order valence-corrected chi connectivity index (χ0v) is 23.8. The Morgan fingerprint density at radius 1 is 0.405 bits per heavy atom. The fourth-order valence-electron chi connectivity index (χ4n) is 4.93. The second-order valence-electron chi connectivity index (χ2n) is 9.69. The van der Waals surface area contributed by atoms with Gasteiger partial charge in [0.1, 0.15) is 0 Å². The van der Waals surface area contributed by atoms with Crippen LogP contribution in [0.15, 0.2) is 48.5 Å². The van der Waals surface area contributed by atoms with E-state index in [1.807, 2.05) is 24.3 Å². The van der Waals surface area contributed by atoms with Crippen LogP contribution >= 0.6 is 0 Å². The molecule has 0 unspecified atom stereocenters. The van der Waals surface area contributed by atoms with Crippen LogP contribution in [0.4, 0.5) is 0 Å². The Hall–Kier alpha value is -5.12. The summed E-state index contributed by atoms with van der Waals surface area (Å²) >= 11 is 0. The molecule has 42 heavy (non-hydrogen) atoms. The van der Waals surface area contributed by atoms with Gasteiger partial charge in [-0.3, -0.25) is 0 Å². The highest BCUT2D eigenvalue weighted by Gasteiger charge is 2.20. The summed E-state index contributed by atoms with van der Waals surface area (Å²) in [7, 11) is 6.18. The van der Waals surface area contributed by atoms with Gasteiger partial charge in [-0.1, -0.05) is 0 Å². The SMILES string of the molecule is COc1cc(CCc2cc(O)c(O)c(O)c2)c(-c2cc(OC)c(OC)cc2CCc2cc(O)c(O)c(O)c2)cc1OC. The first kappa shape index (κ1) is 29.9. The number of hydrogen-bond acceptors (Lipinski definition) is 10. The first-order valence-electron chi connectivity index (χ1n) is 13.1. The van der Waals surface area contributed by atoms with Crippen LogP contribution in [0.1, 0.15) is 22.3 Å². The van der Waals surface area contributed by atoms with Gasteiger partial charge < -0.3 is 49.6 Å². The van der Waals surface area contributed by atoms with Gasteiger partial charge in [0.05, 0.1) is 28.4 Å². The van der Waals surface area contributed by atoms with E-state index in [4.69, 9.17) is 18.9 Å². The Labute approximate surface area is 243 Å². The van der Waals surface area contributed by atoms with Gasteiger partial charge in [0, 0.05) is 0 Å². The molecule has 4 aromatic carbocycles. The van der Waals surface area contributed by atoms with E-state index in [1.165, 1.54) is 24.3 Å². The van der Waals surface area contributed by atoms with E-state index in [0.717, 1.165) is 22.3 Å². The van der Waals surface area contributed by atoms with E-state index >= 15 is 0 Å². The number of aromatic hydroxyl groups is 6. The number of benzene rings is 4. The zero-order valence-electron chi connectivity index (χ0n) is 23.8. The van der Waals surface area contributed by atoms with Gasteiger partial charge in [-0.05, 0) is 108 Å². The summed E-state index contributed by atoms with van der Waals surface area (Å²) < 4.78 is 22.4. The Kier molecular flexibility index (Phi) is 8.95. The van der Waals surface area contributed by atoms with E-state index in [2.05, 4.69) is 0 Å². The molecule has 10 heteroatoms. The maximum absolute atomic E-state index is 9.99. The maximum atomic E-state index is 9.99. The standard InChI is InChI=1S/C32H34O10/c1-39-27-13-19(7-5-17-9-23(33)31(37)24(34)10-17)21(15-29(27)41-3)22-16-30(42-4)28(40-2)14-20(22)8-6-18-11-25(35)32(38)26(36)12-18/h9-16,33-38H,5-8H2,1-4H3. The van der Waals surface area contributed by atoms with Gasteiger partial charge in [0.15, 0.2) is 57.5 Å².